The number of alkyl halides is 1. The van der Waals surface area contributed by atoms with Gasteiger partial charge in [-0.25, -0.2) is 0 Å². The molecule has 72 valence electrons. The molecule has 1 unspecified atom stereocenters. The van der Waals surface area contributed by atoms with Gasteiger partial charge in [0.25, 0.3) is 0 Å². The summed E-state index contributed by atoms with van der Waals surface area (Å²) in [7, 11) is 0. The molecule has 1 atom stereocenters. The zero-order valence-corrected chi connectivity index (χ0v) is 8.59. The lowest BCUT2D eigenvalue weighted by atomic mass is 10.2. The van der Waals surface area contributed by atoms with Crippen molar-refractivity contribution < 1.29 is 0 Å². The quantitative estimate of drug-likeness (QED) is 0.734. The third-order valence-electron chi connectivity index (χ3n) is 1.89. The van der Waals surface area contributed by atoms with E-state index in [1.807, 2.05) is 12.1 Å². The highest BCUT2D eigenvalue weighted by Crippen LogP contribution is 2.00. The van der Waals surface area contributed by atoms with Crippen molar-refractivity contribution in [2.75, 3.05) is 6.54 Å². The minimum atomic E-state index is 0.238. The molecule has 0 spiro atoms. The van der Waals surface area contributed by atoms with E-state index in [0.29, 0.717) is 0 Å². The van der Waals surface area contributed by atoms with E-state index in [9.17, 15) is 0 Å². The number of pyridine rings is 1. The lowest BCUT2D eigenvalue weighted by molar-refractivity contribution is 0.647. The van der Waals surface area contributed by atoms with Crippen LogP contribution in [0.4, 0.5) is 0 Å². The molecule has 0 aliphatic rings. The molecule has 0 aliphatic carbocycles. The molecular weight excluding hydrogens is 184 g/mol. The molecule has 2 nitrogen and oxygen atoms in total. The first kappa shape index (κ1) is 10.5. The van der Waals surface area contributed by atoms with Gasteiger partial charge in [0.05, 0.1) is 0 Å². The van der Waals surface area contributed by atoms with Gasteiger partial charge in [0, 0.05) is 30.9 Å². The molecule has 0 radical (unpaired) electrons. The number of halogens is 1. The Labute approximate surface area is 84.3 Å². The van der Waals surface area contributed by atoms with Crippen LogP contribution in [0.1, 0.15) is 18.9 Å². The third kappa shape index (κ3) is 4.25. The summed E-state index contributed by atoms with van der Waals surface area (Å²) in [4.78, 5) is 3.95. The van der Waals surface area contributed by atoms with Crippen LogP contribution >= 0.6 is 11.6 Å². The second-order valence-electron chi connectivity index (χ2n) is 2.99. The lowest BCUT2D eigenvalue weighted by Crippen LogP contribution is -2.22. The molecule has 1 heterocycles. The second-order valence-corrected chi connectivity index (χ2v) is 3.61. The summed E-state index contributed by atoms with van der Waals surface area (Å²) >= 11 is 5.96. The number of nitrogens with zero attached hydrogens (tertiary/aromatic N) is 1. The van der Waals surface area contributed by atoms with Crippen LogP contribution in [0.5, 0.6) is 0 Å². The van der Waals surface area contributed by atoms with E-state index in [4.69, 9.17) is 11.6 Å². The average Bonchev–Trinajstić information content (AvgIpc) is 2.19. The maximum absolute atomic E-state index is 5.96. The Balaban J connectivity index is 2.20. The Morgan fingerprint density at radius 2 is 2.15 bits per heavy atom. The predicted octanol–water partition coefficient (Wildman–Crippen LogP) is 2.19. The van der Waals surface area contributed by atoms with E-state index in [1.54, 1.807) is 12.4 Å². The Hall–Kier alpha value is -0.600. The van der Waals surface area contributed by atoms with Crippen LogP contribution in [0.3, 0.4) is 0 Å². The van der Waals surface area contributed by atoms with Gasteiger partial charge in [0.15, 0.2) is 0 Å². The summed E-state index contributed by atoms with van der Waals surface area (Å²) in [6.07, 6.45) is 4.61. The normalized spacial score (nSPS) is 12.8. The highest BCUT2D eigenvalue weighted by atomic mass is 35.5. The molecule has 0 bridgehead atoms. The molecule has 3 heteroatoms. The summed E-state index contributed by atoms with van der Waals surface area (Å²) in [6, 6.07) is 4.00. The Morgan fingerprint density at radius 1 is 1.46 bits per heavy atom. The maximum atomic E-state index is 5.96. The fourth-order valence-corrected chi connectivity index (χ4v) is 1.13. The monoisotopic (exact) mass is 198 g/mol. The van der Waals surface area contributed by atoms with Crippen molar-refractivity contribution in [3.05, 3.63) is 30.1 Å². The molecule has 0 aliphatic heterocycles. The molecule has 0 amide bonds. The molecule has 0 saturated carbocycles. The van der Waals surface area contributed by atoms with Crippen molar-refractivity contribution in [3.63, 3.8) is 0 Å². The van der Waals surface area contributed by atoms with Crippen LogP contribution in [0, 0.1) is 0 Å². The van der Waals surface area contributed by atoms with Gasteiger partial charge >= 0.3 is 0 Å². The van der Waals surface area contributed by atoms with Crippen molar-refractivity contribution in [1.29, 1.82) is 0 Å². The van der Waals surface area contributed by atoms with Gasteiger partial charge in [-0.15, -0.1) is 11.6 Å². The van der Waals surface area contributed by atoms with Gasteiger partial charge in [0.1, 0.15) is 0 Å². The summed E-state index contributed by atoms with van der Waals surface area (Å²) in [5, 5.41) is 3.53. The largest absolute Gasteiger partial charge is 0.311 e. The zero-order valence-electron chi connectivity index (χ0n) is 7.83. The molecule has 0 aromatic carbocycles. The fraction of sp³-hybridized carbons (Fsp3) is 0.500. The first-order valence-electron chi connectivity index (χ1n) is 4.56. The van der Waals surface area contributed by atoms with E-state index in [1.165, 1.54) is 5.56 Å². The lowest BCUT2D eigenvalue weighted by Gasteiger charge is -2.07. The van der Waals surface area contributed by atoms with Crippen molar-refractivity contribution in [3.8, 4) is 0 Å². The SMILES string of the molecule is CCC(Cl)CNCc1ccncc1. The standard InChI is InChI=1S/C10H15ClN2/c1-2-10(11)8-13-7-9-3-5-12-6-4-9/h3-6,10,13H,2,7-8H2,1H3. The highest BCUT2D eigenvalue weighted by molar-refractivity contribution is 6.20. The minimum absolute atomic E-state index is 0.238. The molecule has 0 saturated heterocycles. The van der Waals surface area contributed by atoms with Crippen molar-refractivity contribution >= 4 is 11.6 Å². The van der Waals surface area contributed by atoms with E-state index < -0.39 is 0 Å². The Morgan fingerprint density at radius 3 is 2.77 bits per heavy atom. The molecule has 1 aromatic heterocycles. The van der Waals surface area contributed by atoms with Gasteiger partial charge in [-0.05, 0) is 24.1 Å². The van der Waals surface area contributed by atoms with Gasteiger partial charge < -0.3 is 5.32 Å². The van der Waals surface area contributed by atoms with E-state index in [0.717, 1.165) is 19.5 Å². The van der Waals surface area contributed by atoms with Gasteiger partial charge in [-0.1, -0.05) is 6.92 Å². The van der Waals surface area contributed by atoms with Gasteiger partial charge in [-0.2, -0.15) is 0 Å². The summed E-state index contributed by atoms with van der Waals surface area (Å²) in [6.45, 7) is 3.82. The number of hydrogen-bond acceptors (Lipinski definition) is 2. The first-order chi connectivity index (χ1) is 6.33. The van der Waals surface area contributed by atoms with Crippen molar-refractivity contribution in [1.82, 2.24) is 10.3 Å². The van der Waals surface area contributed by atoms with Crippen LogP contribution in [-0.2, 0) is 6.54 Å². The van der Waals surface area contributed by atoms with E-state index in [2.05, 4.69) is 17.2 Å². The summed E-state index contributed by atoms with van der Waals surface area (Å²) < 4.78 is 0. The second kappa shape index (κ2) is 5.95. The Kier molecular flexibility index (Phi) is 4.79. The maximum Gasteiger partial charge on any atom is 0.0458 e. The molecular formula is C10H15ClN2. The third-order valence-corrected chi connectivity index (χ3v) is 2.35. The van der Waals surface area contributed by atoms with E-state index >= 15 is 0 Å². The average molecular weight is 199 g/mol. The number of rotatable bonds is 5. The van der Waals surface area contributed by atoms with Crippen LogP contribution in [0.25, 0.3) is 0 Å². The van der Waals surface area contributed by atoms with Gasteiger partial charge in [-0.3, -0.25) is 4.98 Å². The Bertz CT molecular complexity index is 226. The highest BCUT2D eigenvalue weighted by Gasteiger charge is 1.99. The number of nitrogens with one attached hydrogen (secondary N) is 1. The van der Waals surface area contributed by atoms with Crippen LogP contribution < -0.4 is 5.32 Å². The fourth-order valence-electron chi connectivity index (χ4n) is 1.02. The molecule has 1 rings (SSSR count). The predicted molar refractivity (Wildman–Crippen MR) is 55.9 cm³/mol. The molecule has 0 fully saturated rings. The smallest absolute Gasteiger partial charge is 0.0458 e. The summed E-state index contributed by atoms with van der Waals surface area (Å²) in [5.41, 5.74) is 1.25. The van der Waals surface area contributed by atoms with Crippen molar-refractivity contribution in [2.24, 2.45) is 0 Å². The summed E-state index contributed by atoms with van der Waals surface area (Å²) in [5.74, 6) is 0. The van der Waals surface area contributed by atoms with Crippen LogP contribution in [0.2, 0.25) is 0 Å². The number of aromatic nitrogens is 1. The molecule has 1 aromatic rings. The van der Waals surface area contributed by atoms with Crippen molar-refractivity contribution in [2.45, 2.75) is 25.3 Å². The molecule has 13 heavy (non-hydrogen) atoms. The van der Waals surface area contributed by atoms with Crippen LogP contribution in [-0.4, -0.2) is 16.9 Å². The van der Waals surface area contributed by atoms with E-state index in [-0.39, 0.29) is 5.38 Å². The van der Waals surface area contributed by atoms with Gasteiger partial charge in [0.2, 0.25) is 0 Å². The number of hydrogen-bond donors (Lipinski definition) is 1. The minimum Gasteiger partial charge on any atom is -0.311 e. The first-order valence-corrected chi connectivity index (χ1v) is 5.00. The molecule has 1 N–H and O–H groups in total. The van der Waals surface area contributed by atoms with Crippen LogP contribution in [0.15, 0.2) is 24.5 Å². The topological polar surface area (TPSA) is 24.9 Å². The zero-order chi connectivity index (χ0) is 9.52.